The standard InChI is InChI=1S/C15H21BrN2O2S/c1-10(21-13-5-2-11(16)3-6-13)9-18-15(19)14-7-4-12(8-17)20-14/h2-3,5-6,10,12,14H,4,7-9,17H2,1H3,(H,18,19)/t10?,12-,14+/m1/s1. The molecule has 3 N–H and O–H groups in total. The van der Waals surface area contributed by atoms with Gasteiger partial charge in [0.15, 0.2) is 0 Å². The van der Waals surface area contributed by atoms with Crippen LogP contribution in [0.5, 0.6) is 0 Å². The van der Waals surface area contributed by atoms with E-state index in [-0.39, 0.29) is 18.1 Å². The fourth-order valence-electron chi connectivity index (χ4n) is 2.22. The third kappa shape index (κ3) is 5.29. The van der Waals surface area contributed by atoms with E-state index in [0.29, 0.717) is 18.3 Å². The average molecular weight is 373 g/mol. The molecule has 1 saturated heterocycles. The minimum atomic E-state index is -0.330. The van der Waals surface area contributed by atoms with E-state index < -0.39 is 0 Å². The van der Waals surface area contributed by atoms with E-state index >= 15 is 0 Å². The fraction of sp³-hybridized carbons (Fsp3) is 0.533. The topological polar surface area (TPSA) is 64.4 Å². The van der Waals surface area contributed by atoms with E-state index in [4.69, 9.17) is 10.5 Å². The molecule has 21 heavy (non-hydrogen) atoms. The van der Waals surface area contributed by atoms with E-state index in [1.165, 1.54) is 4.90 Å². The number of nitrogens with two attached hydrogens (primary N) is 1. The Balaban J connectivity index is 1.72. The van der Waals surface area contributed by atoms with Gasteiger partial charge < -0.3 is 15.8 Å². The highest BCUT2D eigenvalue weighted by molar-refractivity contribution is 9.10. The quantitative estimate of drug-likeness (QED) is 0.753. The maximum Gasteiger partial charge on any atom is 0.249 e. The van der Waals surface area contributed by atoms with Crippen LogP contribution in [0.15, 0.2) is 33.6 Å². The molecule has 1 unspecified atom stereocenters. The van der Waals surface area contributed by atoms with Crippen molar-refractivity contribution in [2.75, 3.05) is 13.1 Å². The Morgan fingerprint density at radius 1 is 1.48 bits per heavy atom. The number of halogens is 1. The monoisotopic (exact) mass is 372 g/mol. The molecule has 0 aromatic heterocycles. The molecule has 0 aliphatic carbocycles. The largest absolute Gasteiger partial charge is 0.364 e. The summed E-state index contributed by atoms with van der Waals surface area (Å²) in [4.78, 5) is 13.2. The van der Waals surface area contributed by atoms with Crippen LogP contribution in [0, 0.1) is 0 Å². The molecule has 1 heterocycles. The Morgan fingerprint density at radius 3 is 2.81 bits per heavy atom. The third-order valence-corrected chi connectivity index (χ3v) is 5.02. The number of hydrogen-bond donors (Lipinski definition) is 2. The molecule has 0 saturated carbocycles. The average Bonchev–Trinajstić information content (AvgIpc) is 2.96. The van der Waals surface area contributed by atoms with Gasteiger partial charge in [0.1, 0.15) is 6.10 Å². The number of hydrogen-bond acceptors (Lipinski definition) is 4. The lowest BCUT2D eigenvalue weighted by molar-refractivity contribution is -0.131. The second kappa shape index (κ2) is 8.17. The summed E-state index contributed by atoms with van der Waals surface area (Å²) in [7, 11) is 0. The second-order valence-electron chi connectivity index (χ2n) is 5.19. The summed E-state index contributed by atoms with van der Waals surface area (Å²) >= 11 is 5.17. The zero-order valence-corrected chi connectivity index (χ0v) is 14.5. The first kappa shape index (κ1) is 16.8. The summed E-state index contributed by atoms with van der Waals surface area (Å²) in [6, 6.07) is 8.18. The lowest BCUT2D eigenvalue weighted by Gasteiger charge is -2.16. The third-order valence-electron chi connectivity index (χ3n) is 3.38. The molecule has 2 rings (SSSR count). The molecule has 3 atom stereocenters. The Labute approximate surface area is 138 Å². The van der Waals surface area contributed by atoms with Crippen LogP contribution in [0.1, 0.15) is 19.8 Å². The van der Waals surface area contributed by atoms with Crippen LogP contribution in [0.2, 0.25) is 0 Å². The summed E-state index contributed by atoms with van der Waals surface area (Å²) < 4.78 is 6.66. The normalized spacial score (nSPS) is 23.0. The van der Waals surface area contributed by atoms with E-state index in [2.05, 4.69) is 40.3 Å². The first-order valence-electron chi connectivity index (χ1n) is 7.14. The molecule has 1 aromatic rings. The highest BCUT2D eigenvalue weighted by atomic mass is 79.9. The molecule has 116 valence electrons. The molecule has 1 fully saturated rings. The van der Waals surface area contributed by atoms with Crippen molar-refractivity contribution in [2.45, 2.75) is 42.1 Å². The Bertz CT molecular complexity index is 469. The molecule has 6 heteroatoms. The molecular formula is C15H21BrN2O2S. The summed E-state index contributed by atoms with van der Waals surface area (Å²) in [5.41, 5.74) is 5.55. The molecule has 4 nitrogen and oxygen atoms in total. The number of nitrogens with one attached hydrogen (secondary N) is 1. The van der Waals surface area contributed by atoms with Crippen molar-refractivity contribution in [3.05, 3.63) is 28.7 Å². The predicted octanol–water partition coefficient (Wildman–Crippen LogP) is 2.55. The maximum atomic E-state index is 12.0. The Hall–Kier alpha value is -0.560. The number of carbonyl (C=O) groups is 1. The maximum absolute atomic E-state index is 12.0. The van der Waals surface area contributed by atoms with Gasteiger partial charge in [-0.25, -0.2) is 0 Å². The van der Waals surface area contributed by atoms with Crippen LogP contribution < -0.4 is 11.1 Å². The number of amides is 1. The molecule has 0 radical (unpaired) electrons. The van der Waals surface area contributed by atoms with Crippen molar-refractivity contribution in [3.63, 3.8) is 0 Å². The van der Waals surface area contributed by atoms with Crippen molar-refractivity contribution < 1.29 is 9.53 Å². The molecule has 1 amide bonds. The van der Waals surface area contributed by atoms with Crippen molar-refractivity contribution in [3.8, 4) is 0 Å². The first-order valence-corrected chi connectivity index (χ1v) is 8.81. The zero-order chi connectivity index (χ0) is 15.2. The summed E-state index contributed by atoms with van der Waals surface area (Å²) in [5, 5.41) is 3.27. The van der Waals surface area contributed by atoms with Gasteiger partial charge in [-0.05, 0) is 37.1 Å². The Morgan fingerprint density at radius 2 is 2.19 bits per heavy atom. The summed E-state index contributed by atoms with van der Waals surface area (Å²) in [5.74, 6) is -0.0193. The number of thioether (sulfide) groups is 1. The van der Waals surface area contributed by atoms with Crippen molar-refractivity contribution in [1.82, 2.24) is 5.32 Å². The predicted molar refractivity (Wildman–Crippen MR) is 89.4 cm³/mol. The smallest absolute Gasteiger partial charge is 0.249 e. The van der Waals surface area contributed by atoms with Gasteiger partial charge >= 0.3 is 0 Å². The molecule has 0 spiro atoms. The van der Waals surface area contributed by atoms with Gasteiger partial charge in [-0.15, -0.1) is 11.8 Å². The van der Waals surface area contributed by atoms with Crippen molar-refractivity contribution in [2.24, 2.45) is 5.73 Å². The first-order chi connectivity index (χ1) is 10.1. The van der Waals surface area contributed by atoms with Gasteiger partial charge in [-0.1, -0.05) is 22.9 Å². The Kier molecular flexibility index (Phi) is 6.54. The second-order valence-corrected chi connectivity index (χ2v) is 7.61. The van der Waals surface area contributed by atoms with Crippen LogP contribution in [0.4, 0.5) is 0 Å². The van der Waals surface area contributed by atoms with Gasteiger partial charge in [0.05, 0.1) is 6.10 Å². The van der Waals surface area contributed by atoms with Gasteiger partial charge in [0, 0.05) is 27.7 Å². The summed E-state index contributed by atoms with van der Waals surface area (Å²) in [6.45, 7) is 3.22. The zero-order valence-electron chi connectivity index (χ0n) is 12.0. The van der Waals surface area contributed by atoms with Crippen LogP contribution >= 0.6 is 27.7 Å². The molecule has 1 aliphatic heterocycles. The van der Waals surface area contributed by atoms with Crippen LogP contribution in [0.25, 0.3) is 0 Å². The van der Waals surface area contributed by atoms with E-state index in [9.17, 15) is 4.79 Å². The van der Waals surface area contributed by atoms with E-state index in [0.717, 1.165) is 17.3 Å². The molecule has 0 bridgehead atoms. The van der Waals surface area contributed by atoms with Crippen LogP contribution in [0.3, 0.4) is 0 Å². The SMILES string of the molecule is CC(CNC(=O)[C@@H]1CC[C@H](CN)O1)Sc1ccc(Br)cc1. The lowest BCUT2D eigenvalue weighted by Crippen LogP contribution is -2.38. The lowest BCUT2D eigenvalue weighted by atomic mass is 10.2. The fourth-order valence-corrected chi connectivity index (χ4v) is 3.41. The molecule has 1 aromatic carbocycles. The van der Waals surface area contributed by atoms with E-state index in [1.807, 2.05) is 12.1 Å². The minimum Gasteiger partial charge on any atom is -0.364 e. The van der Waals surface area contributed by atoms with Gasteiger partial charge in [0.2, 0.25) is 5.91 Å². The number of rotatable bonds is 6. The highest BCUT2D eigenvalue weighted by Gasteiger charge is 2.29. The van der Waals surface area contributed by atoms with Crippen LogP contribution in [-0.2, 0) is 9.53 Å². The van der Waals surface area contributed by atoms with Crippen molar-refractivity contribution >= 4 is 33.6 Å². The minimum absolute atomic E-state index is 0.0193. The van der Waals surface area contributed by atoms with Gasteiger partial charge in [0.25, 0.3) is 0 Å². The molecule has 1 aliphatic rings. The number of benzene rings is 1. The number of carbonyl (C=O) groups excluding carboxylic acids is 1. The van der Waals surface area contributed by atoms with Gasteiger partial charge in [-0.2, -0.15) is 0 Å². The number of ether oxygens (including phenoxy) is 1. The molecular weight excluding hydrogens is 352 g/mol. The van der Waals surface area contributed by atoms with Crippen LogP contribution in [-0.4, -0.2) is 36.5 Å². The summed E-state index contributed by atoms with van der Waals surface area (Å²) in [6.07, 6.45) is 1.35. The van der Waals surface area contributed by atoms with Gasteiger partial charge in [-0.3, -0.25) is 4.79 Å². The van der Waals surface area contributed by atoms with Crippen molar-refractivity contribution in [1.29, 1.82) is 0 Å². The highest BCUT2D eigenvalue weighted by Crippen LogP contribution is 2.24. The van der Waals surface area contributed by atoms with E-state index in [1.54, 1.807) is 11.8 Å².